The Bertz CT molecular complexity index is 1740. The number of nitrogens with two attached hydrogens (primary N) is 1. The summed E-state index contributed by atoms with van der Waals surface area (Å²) in [6.07, 6.45) is 5.45. The van der Waals surface area contributed by atoms with Crippen LogP contribution in [0.2, 0.25) is 5.02 Å². The average Bonchev–Trinajstić information content (AvgIpc) is 3.44. The maximum Gasteiger partial charge on any atom is 0.240 e. The van der Waals surface area contributed by atoms with Crippen molar-refractivity contribution >= 4 is 34.8 Å². The van der Waals surface area contributed by atoms with Gasteiger partial charge in [-0.25, -0.2) is 24.3 Å². The van der Waals surface area contributed by atoms with Crippen molar-refractivity contribution in [1.29, 1.82) is 0 Å². The van der Waals surface area contributed by atoms with E-state index in [9.17, 15) is 14.3 Å². The van der Waals surface area contributed by atoms with Gasteiger partial charge in [-0.05, 0) is 42.3 Å². The van der Waals surface area contributed by atoms with Gasteiger partial charge in [0.05, 0.1) is 16.3 Å². The van der Waals surface area contributed by atoms with Crippen LogP contribution in [-0.2, 0) is 16.6 Å². The second-order valence-corrected chi connectivity index (χ2v) is 9.35. The van der Waals surface area contributed by atoms with Gasteiger partial charge in [0.25, 0.3) is 0 Å². The van der Waals surface area contributed by atoms with Crippen molar-refractivity contribution in [3.8, 4) is 17.3 Å². The van der Waals surface area contributed by atoms with E-state index >= 15 is 0 Å². The lowest BCUT2D eigenvalue weighted by Crippen LogP contribution is -2.32. The highest BCUT2D eigenvalue weighted by Gasteiger charge is 2.47. The fourth-order valence-electron chi connectivity index (χ4n) is 4.68. The summed E-state index contributed by atoms with van der Waals surface area (Å²) >= 11 is 5.96. The normalized spacial score (nSPS) is 16.7. The summed E-state index contributed by atoms with van der Waals surface area (Å²) in [7, 11) is 0. The summed E-state index contributed by atoms with van der Waals surface area (Å²) < 4.78 is 15.5. The molecule has 0 saturated carbocycles. The summed E-state index contributed by atoms with van der Waals surface area (Å²) in [5, 5.41) is 13.1. The lowest BCUT2D eigenvalue weighted by Gasteiger charge is -2.23. The maximum absolute atomic E-state index is 13.8. The number of aromatic hydroxyl groups is 1. The van der Waals surface area contributed by atoms with Gasteiger partial charge in [-0.3, -0.25) is 4.79 Å². The number of halogens is 2. The van der Waals surface area contributed by atoms with Crippen LogP contribution in [0.15, 0.2) is 61.1 Å². The summed E-state index contributed by atoms with van der Waals surface area (Å²) in [6, 6.07) is 10.9. The third-order valence-electron chi connectivity index (χ3n) is 6.58. The molecule has 0 saturated heterocycles. The van der Waals surface area contributed by atoms with E-state index in [2.05, 4.69) is 20.3 Å². The monoisotopic (exact) mass is 515 g/mol. The van der Waals surface area contributed by atoms with Crippen molar-refractivity contribution in [3.63, 3.8) is 0 Å². The molecule has 9 nitrogen and oxygen atoms in total. The van der Waals surface area contributed by atoms with Gasteiger partial charge in [-0.15, -0.1) is 0 Å². The summed E-state index contributed by atoms with van der Waals surface area (Å²) in [6.45, 7) is 1.68. The fourth-order valence-corrected chi connectivity index (χ4v) is 4.80. The molecule has 2 aromatic carbocycles. The lowest BCUT2D eigenvalue weighted by molar-refractivity contribution is -0.119. The molecule has 0 aliphatic carbocycles. The number of carbonyl (C=O) groups is 1. The topological polar surface area (TPSA) is 131 Å². The number of aromatic nitrogens is 5. The number of hydrogen-bond donors (Lipinski definition) is 3. The predicted octanol–water partition coefficient (Wildman–Crippen LogP) is 4.12. The van der Waals surface area contributed by atoms with Crippen LogP contribution in [0.5, 0.6) is 5.75 Å². The van der Waals surface area contributed by atoms with Crippen LogP contribution in [0.3, 0.4) is 0 Å². The largest absolute Gasteiger partial charge is 0.506 e. The Balaban J connectivity index is 1.46. The number of nitrogen functional groups attached to an aromatic ring is 1. The van der Waals surface area contributed by atoms with Gasteiger partial charge in [0, 0.05) is 25.0 Å². The summed E-state index contributed by atoms with van der Waals surface area (Å²) in [4.78, 5) is 31.3. The lowest BCUT2D eigenvalue weighted by atomic mass is 9.77. The van der Waals surface area contributed by atoms with Crippen LogP contribution in [0, 0.1) is 5.82 Å². The molecule has 184 valence electrons. The molecule has 4 heterocycles. The van der Waals surface area contributed by atoms with E-state index in [0.29, 0.717) is 34.6 Å². The number of carbonyl (C=O) groups excluding carboxylic acids is 1. The van der Waals surface area contributed by atoms with E-state index in [0.717, 1.165) is 5.56 Å². The third kappa shape index (κ3) is 3.64. The zero-order valence-corrected chi connectivity index (χ0v) is 20.2. The summed E-state index contributed by atoms with van der Waals surface area (Å²) in [5.74, 6) is -0.307. The first-order valence-electron chi connectivity index (χ1n) is 11.3. The van der Waals surface area contributed by atoms with Gasteiger partial charge >= 0.3 is 0 Å². The third-order valence-corrected chi connectivity index (χ3v) is 6.90. The maximum atomic E-state index is 13.8. The van der Waals surface area contributed by atoms with Gasteiger partial charge in [0.15, 0.2) is 11.5 Å². The molecule has 0 unspecified atom stereocenters. The first-order valence-corrected chi connectivity index (χ1v) is 11.7. The van der Waals surface area contributed by atoms with Gasteiger partial charge in [-0.1, -0.05) is 29.8 Å². The first kappa shape index (κ1) is 22.9. The highest BCUT2D eigenvalue weighted by molar-refractivity contribution is 6.32. The number of benzene rings is 2. The molecule has 1 amide bonds. The molecule has 3 aromatic heterocycles. The molecular formula is C26H19ClFN7O2. The fraction of sp³-hybridized carbons (Fsp3) is 0.115. The van der Waals surface area contributed by atoms with Crippen LogP contribution in [-0.4, -0.2) is 35.4 Å². The zero-order chi connectivity index (χ0) is 25.9. The van der Waals surface area contributed by atoms with Crippen molar-refractivity contribution in [2.45, 2.75) is 18.8 Å². The molecule has 0 fully saturated rings. The van der Waals surface area contributed by atoms with Gasteiger partial charge in [-0.2, -0.15) is 0 Å². The van der Waals surface area contributed by atoms with E-state index in [1.54, 1.807) is 42.0 Å². The standard InChI is InChI=1S/C26H19ClFN7O2/c1-26(14-5-6-16(27)19(36)11-14)20-21(29)32-22(33-23(20)34-25(26)37)18-12-35-8-7-30-24(35)17(31-18)10-13-3-2-4-15(28)9-13/h2-9,11-12,36H,10H2,1H3,(H3,29,32,33,34,37)/t26-/m1/s1. The number of amides is 1. The molecule has 1 aliphatic rings. The molecule has 4 N–H and O–H groups in total. The smallest absolute Gasteiger partial charge is 0.240 e. The quantitative estimate of drug-likeness (QED) is 0.328. The Morgan fingerprint density at radius 3 is 2.81 bits per heavy atom. The number of imidazole rings is 1. The Morgan fingerprint density at radius 2 is 2.03 bits per heavy atom. The Morgan fingerprint density at radius 1 is 1.19 bits per heavy atom. The molecule has 0 spiro atoms. The van der Waals surface area contributed by atoms with Crippen molar-refractivity contribution in [1.82, 2.24) is 24.3 Å². The number of fused-ring (bicyclic) bond motifs is 2. The number of nitrogens with zero attached hydrogens (tertiary/aromatic N) is 5. The number of anilines is 2. The Kier molecular flexibility index (Phi) is 5.09. The van der Waals surface area contributed by atoms with Crippen LogP contribution in [0.1, 0.15) is 29.3 Å². The SMILES string of the molecule is C[C@]1(c2ccc(Cl)c(O)c2)C(=O)Nc2nc(-c3cn4ccnc4c(Cc4cccc(F)c4)n3)nc(N)c21. The Hall–Kier alpha value is -4.57. The zero-order valence-electron chi connectivity index (χ0n) is 19.4. The summed E-state index contributed by atoms with van der Waals surface area (Å²) in [5.41, 5.74) is 8.39. The average molecular weight is 516 g/mol. The van der Waals surface area contributed by atoms with Gasteiger partial charge in [0.2, 0.25) is 5.91 Å². The molecule has 5 aromatic rings. The van der Waals surface area contributed by atoms with E-state index in [-0.39, 0.29) is 40.0 Å². The number of phenolic OH excluding ortho intramolecular Hbond substituents is 1. The predicted molar refractivity (Wildman–Crippen MR) is 136 cm³/mol. The first-order chi connectivity index (χ1) is 17.7. The highest BCUT2D eigenvalue weighted by Crippen LogP contribution is 2.46. The van der Waals surface area contributed by atoms with Crippen LogP contribution in [0.25, 0.3) is 17.2 Å². The number of hydrogen-bond acceptors (Lipinski definition) is 7. The minimum absolute atomic E-state index is 0.0921. The van der Waals surface area contributed by atoms with Crippen molar-refractivity contribution in [3.05, 3.63) is 94.3 Å². The minimum Gasteiger partial charge on any atom is -0.506 e. The molecule has 6 rings (SSSR count). The Labute approximate surface area is 214 Å². The molecule has 1 atom stereocenters. The molecule has 1 aliphatic heterocycles. The van der Waals surface area contributed by atoms with Crippen LogP contribution < -0.4 is 11.1 Å². The van der Waals surface area contributed by atoms with E-state index < -0.39 is 5.41 Å². The van der Waals surface area contributed by atoms with Crippen molar-refractivity contribution in [2.24, 2.45) is 0 Å². The second-order valence-electron chi connectivity index (χ2n) is 8.94. The number of nitrogens with one attached hydrogen (secondary N) is 1. The molecule has 0 bridgehead atoms. The second kappa shape index (κ2) is 8.24. The molecule has 11 heteroatoms. The highest BCUT2D eigenvalue weighted by atomic mass is 35.5. The van der Waals surface area contributed by atoms with E-state index in [4.69, 9.17) is 22.3 Å². The molecule has 37 heavy (non-hydrogen) atoms. The van der Waals surface area contributed by atoms with Crippen molar-refractivity contribution < 1.29 is 14.3 Å². The number of rotatable bonds is 4. The molecule has 0 radical (unpaired) electrons. The number of phenols is 1. The van der Waals surface area contributed by atoms with E-state index in [1.807, 2.05) is 6.07 Å². The van der Waals surface area contributed by atoms with Crippen LogP contribution >= 0.6 is 11.6 Å². The van der Waals surface area contributed by atoms with E-state index in [1.165, 1.54) is 24.3 Å². The molecular weight excluding hydrogens is 497 g/mol. The van der Waals surface area contributed by atoms with Gasteiger partial charge in [0.1, 0.15) is 34.3 Å². The minimum atomic E-state index is -1.25. The van der Waals surface area contributed by atoms with Gasteiger partial charge < -0.3 is 20.6 Å². The van der Waals surface area contributed by atoms with Crippen molar-refractivity contribution in [2.75, 3.05) is 11.1 Å². The van der Waals surface area contributed by atoms with Crippen LogP contribution in [0.4, 0.5) is 16.0 Å².